The number of carboxylic acid groups (broad SMARTS) is 1. The van der Waals surface area contributed by atoms with Gasteiger partial charge in [-0.3, -0.25) is 4.79 Å². The van der Waals surface area contributed by atoms with Crippen molar-refractivity contribution in [2.75, 3.05) is 0 Å². The summed E-state index contributed by atoms with van der Waals surface area (Å²) in [6.45, 7) is 0.647. The largest absolute Gasteiger partial charge is 0.480 e. The van der Waals surface area contributed by atoms with Gasteiger partial charge in [0.05, 0.1) is 6.04 Å². The molecule has 112 valence electrons. The summed E-state index contributed by atoms with van der Waals surface area (Å²) >= 11 is 0. The molecule has 0 bridgehead atoms. The predicted octanol–water partition coefficient (Wildman–Crippen LogP) is 1.21. The van der Waals surface area contributed by atoms with Crippen molar-refractivity contribution in [3.63, 3.8) is 0 Å². The third-order valence-electron chi connectivity index (χ3n) is 4.63. The lowest BCUT2D eigenvalue weighted by Crippen LogP contribution is -2.58. The monoisotopic (exact) mass is 288 g/mol. The zero-order valence-electron chi connectivity index (χ0n) is 11.9. The summed E-state index contributed by atoms with van der Waals surface area (Å²) in [6, 6.07) is 7.68. The summed E-state index contributed by atoms with van der Waals surface area (Å²) in [5.74, 6) is -1.11. The van der Waals surface area contributed by atoms with Gasteiger partial charge < -0.3 is 15.7 Å². The van der Waals surface area contributed by atoms with E-state index >= 15 is 0 Å². The molecule has 1 saturated carbocycles. The van der Waals surface area contributed by atoms with Crippen LogP contribution in [0, 0.1) is 0 Å². The number of carbonyl (C=O) groups excluding carboxylic acids is 1. The van der Waals surface area contributed by atoms with Gasteiger partial charge in [0.25, 0.3) is 0 Å². The average molecular weight is 288 g/mol. The molecule has 3 rings (SSSR count). The Morgan fingerprint density at radius 2 is 1.86 bits per heavy atom. The molecule has 21 heavy (non-hydrogen) atoms. The summed E-state index contributed by atoms with van der Waals surface area (Å²) in [5.41, 5.74) is 1.30. The van der Waals surface area contributed by atoms with E-state index in [9.17, 15) is 14.7 Å². The Bertz CT molecular complexity index is 564. The molecule has 1 aliphatic heterocycles. The van der Waals surface area contributed by atoms with E-state index < -0.39 is 11.5 Å². The van der Waals surface area contributed by atoms with Gasteiger partial charge in [0.1, 0.15) is 5.54 Å². The van der Waals surface area contributed by atoms with Gasteiger partial charge in [-0.05, 0) is 30.4 Å². The maximum absolute atomic E-state index is 12.4. The summed E-state index contributed by atoms with van der Waals surface area (Å²) in [6.07, 6.45) is 3.37. The summed E-state index contributed by atoms with van der Waals surface area (Å²) in [5, 5.41) is 15.4. The van der Waals surface area contributed by atoms with Crippen molar-refractivity contribution in [3.05, 3.63) is 35.4 Å². The molecule has 1 fully saturated rings. The Labute approximate surface area is 123 Å². The van der Waals surface area contributed by atoms with Crippen molar-refractivity contribution >= 4 is 11.9 Å². The molecule has 1 aromatic carbocycles. The van der Waals surface area contributed by atoms with E-state index in [1.165, 1.54) is 5.56 Å². The van der Waals surface area contributed by atoms with Gasteiger partial charge in [-0.1, -0.05) is 37.1 Å². The molecule has 1 heterocycles. The highest BCUT2D eigenvalue weighted by Crippen LogP contribution is 2.30. The molecule has 1 aliphatic carbocycles. The highest BCUT2D eigenvalue weighted by Gasteiger charge is 2.43. The zero-order chi connectivity index (χ0) is 14.9. The average Bonchev–Trinajstić information content (AvgIpc) is 2.96. The van der Waals surface area contributed by atoms with Crippen LogP contribution in [-0.2, 0) is 22.6 Å². The summed E-state index contributed by atoms with van der Waals surface area (Å²) in [4.78, 5) is 23.9. The molecule has 5 heteroatoms. The van der Waals surface area contributed by atoms with Gasteiger partial charge in [-0.15, -0.1) is 0 Å². The lowest BCUT2D eigenvalue weighted by molar-refractivity contribution is -0.147. The van der Waals surface area contributed by atoms with Gasteiger partial charge in [0.15, 0.2) is 0 Å². The molecule has 1 amide bonds. The quantitative estimate of drug-likeness (QED) is 0.781. The summed E-state index contributed by atoms with van der Waals surface area (Å²) < 4.78 is 0. The van der Waals surface area contributed by atoms with Crippen LogP contribution in [0.4, 0.5) is 0 Å². The van der Waals surface area contributed by atoms with E-state index in [0.29, 0.717) is 25.8 Å². The number of carbonyl (C=O) groups is 2. The first-order chi connectivity index (χ1) is 10.1. The van der Waals surface area contributed by atoms with Crippen molar-refractivity contribution in [1.29, 1.82) is 0 Å². The second kappa shape index (κ2) is 5.48. The van der Waals surface area contributed by atoms with Crippen LogP contribution in [0.15, 0.2) is 24.3 Å². The maximum atomic E-state index is 12.4. The smallest absolute Gasteiger partial charge is 0.329 e. The van der Waals surface area contributed by atoms with Crippen molar-refractivity contribution in [2.24, 2.45) is 0 Å². The number of aliphatic carboxylic acids is 1. The maximum Gasteiger partial charge on any atom is 0.329 e. The van der Waals surface area contributed by atoms with Crippen LogP contribution < -0.4 is 10.6 Å². The van der Waals surface area contributed by atoms with E-state index in [2.05, 4.69) is 10.6 Å². The fourth-order valence-electron chi connectivity index (χ4n) is 3.33. The van der Waals surface area contributed by atoms with E-state index in [1.54, 1.807) is 0 Å². The lowest BCUT2D eigenvalue weighted by atomic mass is 9.93. The van der Waals surface area contributed by atoms with Crippen molar-refractivity contribution in [2.45, 2.75) is 50.2 Å². The fourth-order valence-corrected chi connectivity index (χ4v) is 3.33. The third kappa shape index (κ3) is 2.65. The number of rotatable bonds is 3. The molecule has 1 unspecified atom stereocenters. The number of fused-ring (bicyclic) bond motifs is 1. The molecular formula is C16H20N2O3. The van der Waals surface area contributed by atoms with Gasteiger partial charge in [-0.25, -0.2) is 4.79 Å². The number of amides is 1. The number of carboxylic acids is 1. The van der Waals surface area contributed by atoms with Crippen LogP contribution in [0.2, 0.25) is 0 Å². The Morgan fingerprint density at radius 1 is 1.19 bits per heavy atom. The van der Waals surface area contributed by atoms with Crippen LogP contribution in [0.5, 0.6) is 0 Å². The topological polar surface area (TPSA) is 78.4 Å². The molecule has 5 nitrogen and oxygen atoms in total. The van der Waals surface area contributed by atoms with Crippen LogP contribution in [-0.4, -0.2) is 28.6 Å². The third-order valence-corrected chi connectivity index (χ3v) is 4.63. The Balaban J connectivity index is 1.71. The Morgan fingerprint density at radius 3 is 2.52 bits per heavy atom. The normalized spacial score (nSPS) is 23.3. The molecule has 1 atom stereocenters. The molecular weight excluding hydrogens is 268 g/mol. The van der Waals surface area contributed by atoms with Crippen LogP contribution in [0.1, 0.15) is 36.8 Å². The highest BCUT2D eigenvalue weighted by molar-refractivity contribution is 5.90. The standard InChI is InChI=1S/C16H20N2O3/c19-14(18-16(15(20)21)7-3-4-8-16)13-9-11-5-1-2-6-12(11)10-17-13/h1-2,5-6,13,17H,3-4,7-10H2,(H,18,19)(H,20,21). The molecule has 2 aliphatic rings. The predicted molar refractivity (Wildman–Crippen MR) is 77.8 cm³/mol. The molecule has 1 aromatic rings. The SMILES string of the molecule is O=C(NC1(C(=O)O)CCCC1)C1Cc2ccccc2CN1. The molecule has 0 saturated heterocycles. The summed E-state index contributed by atoms with van der Waals surface area (Å²) in [7, 11) is 0. The lowest BCUT2D eigenvalue weighted by Gasteiger charge is -2.30. The minimum Gasteiger partial charge on any atom is -0.480 e. The number of hydrogen-bond donors (Lipinski definition) is 3. The zero-order valence-corrected chi connectivity index (χ0v) is 11.9. The number of nitrogens with one attached hydrogen (secondary N) is 2. The van der Waals surface area contributed by atoms with E-state index in [-0.39, 0.29) is 11.9 Å². The van der Waals surface area contributed by atoms with Crippen LogP contribution >= 0.6 is 0 Å². The van der Waals surface area contributed by atoms with E-state index in [1.807, 2.05) is 24.3 Å². The molecule has 3 N–H and O–H groups in total. The second-order valence-corrected chi connectivity index (χ2v) is 5.99. The Kier molecular flexibility index (Phi) is 3.68. The van der Waals surface area contributed by atoms with E-state index in [0.717, 1.165) is 18.4 Å². The van der Waals surface area contributed by atoms with Gasteiger partial charge in [0.2, 0.25) is 5.91 Å². The minimum atomic E-state index is -1.06. The number of benzene rings is 1. The van der Waals surface area contributed by atoms with E-state index in [4.69, 9.17) is 0 Å². The first-order valence-corrected chi connectivity index (χ1v) is 7.46. The first kappa shape index (κ1) is 14.1. The van der Waals surface area contributed by atoms with Crippen LogP contribution in [0.3, 0.4) is 0 Å². The van der Waals surface area contributed by atoms with Crippen molar-refractivity contribution in [3.8, 4) is 0 Å². The van der Waals surface area contributed by atoms with Gasteiger partial charge in [-0.2, -0.15) is 0 Å². The van der Waals surface area contributed by atoms with Gasteiger partial charge >= 0.3 is 5.97 Å². The van der Waals surface area contributed by atoms with Gasteiger partial charge in [0, 0.05) is 6.54 Å². The molecule has 0 radical (unpaired) electrons. The minimum absolute atomic E-state index is 0.200. The number of hydrogen-bond acceptors (Lipinski definition) is 3. The Hall–Kier alpha value is -1.88. The molecule has 0 spiro atoms. The first-order valence-electron chi connectivity index (χ1n) is 7.46. The second-order valence-electron chi connectivity index (χ2n) is 5.99. The van der Waals surface area contributed by atoms with Crippen molar-refractivity contribution < 1.29 is 14.7 Å². The fraction of sp³-hybridized carbons (Fsp3) is 0.500. The molecule has 0 aromatic heterocycles. The van der Waals surface area contributed by atoms with Crippen LogP contribution in [0.25, 0.3) is 0 Å². The van der Waals surface area contributed by atoms with Crippen molar-refractivity contribution in [1.82, 2.24) is 10.6 Å². The highest BCUT2D eigenvalue weighted by atomic mass is 16.4.